The van der Waals surface area contributed by atoms with Gasteiger partial charge >= 0.3 is 0 Å². The molecule has 0 aliphatic carbocycles. The van der Waals surface area contributed by atoms with E-state index in [0.717, 1.165) is 11.3 Å². The topological polar surface area (TPSA) is 66.6 Å². The molecule has 2 aromatic rings. The fraction of sp³-hybridized carbons (Fsp3) is 0.214. The Morgan fingerprint density at radius 3 is 2.05 bits per heavy atom. The summed E-state index contributed by atoms with van der Waals surface area (Å²) in [5.74, 6) is 2.19. The lowest BCUT2D eigenvalue weighted by atomic mass is 10.1. The predicted octanol–water partition coefficient (Wildman–Crippen LogP) is 2.36. The summed E-state index contributed by atoms with van der Waals surface area (Å²) in [6, 6.07) is 9.13. The van der Waals surface area contributed by atoms with Crippen molar-refractivity contribution in [3.05, 3.63) is 30.3 Å². The number of anilines is 1. The molecule has 0 spiro atoms. The Morgan fingerprint density at radius 1 is 0.947 bits per heavy atom. The van der Waals surface area contributed by atoms with Crippen LogP contribution >= 0.6 is 0 Å². The van der Waals surface area contributed by atoms with Crippen LogP contribution in [0, 0.1) is 0 Å². The van der Waals surface area contributed by atoms with Gasteiger partial charge in [-0.1, -0.05) is 6.07 Å². The minimum atomic E-state index is 0.464. The van der Waals surface area contributed by atoms with Crippen molar-refractivity contribution in [2.75, 3.05) is 27.1 Å². The van der Waals surface area contributed by atoms with E-state index in [9.17, 15) is 0 Å². The SMILES string of the molecule is COc1cc(-c2cccc(N)n2)cc(OC)c1OC. The molecule has 0 radical (unpaired) electrons. The van der Waals surface area contributed by atoms with Crippen molar-refractivity contribution in [3.63, 3.8) is 0 Å². The normalized spacial score (nSPS) is 10.1. The number of hydrogen-bond acceptors (Lipinski definition) is 5. The molecule has 0 saturated carbocycles. The molecular weight excluding hydrogens is 244 g/mol. The zero-order valence-corrected chi connectivity index (χ0v) is 11.1. The van der Waals surface area contributed by atoms with Crippen molar-refractivity contribution in [1.82, 2.24) is 4.98 Å². The van der Waals surface area contributed by atoms with Gasteiger partial charge in [0.15, 0.2) is 11.5 Å². The Balaban J connectivity index is 2.59. The summed E-state index contributed by atoms with van der Waals surface area (Å²) in [6.07, 6.45) is 0. The smallest absolute Gasteiger partial charge is 0.203 e. The number of nitrogens with two attached hydrogens (primary N) is 1. The van der Waals surface area contributed by atoms with E-state index in [1.165, 1.54) is 0 Å². The Hall–Kier alpha value is -2.43. The third-order valence-corrected chi connectivity index (χ3v) is 2.73. The fourth-order valence-electron chi connectivity index (χ4n) is 1.84. The van der Waals surface area contributed by atoms with E-state index in [1.807, 2.05) is 24.3 Å². The first-order valence-electron chi connectivity index (χ1n) is 5.72. The van der Waals surface area contributed by atoms with Gasteiger partial charge in [0, 0.05) is 5.56 Å². The second-order valence-electron chi connectivity index (χ2n) is 3.86. The van der Waals surface area contributed by atoms with Crippen LogP contribution in [0.3, 0.4) is 0 Å². The molecule has 2 rings (SSSR count). The van der Waals surface area contributed by atoms with Gasteiger partial charge in [0.1, 0.15) is 5.82 Å². The van der Waals surface area contributed by atoms with Gasteiger partial charge < -0.3 is 19.9 Å². The lowest BCUT2D eigenvalue weighted by Crippen LogP contribution is -1.97. The van der Waals surface area contributed by atoms with Crippen LogP contribution in [-0.4, -0.2) is 26.3 Å². The van der Waals surface area contributed by atoms with Crippen LogP contribution in [0.5, 0.6) is 17.2 Å². The highest BCUT2D eigenvalue weighted by Crippen LogP contribution is 2.40. The number of ether oxygens (including phenoxy) is 3. The number of nitrogens with zero attached hydrogens (tertiary/aromatic N) is 1. The number of nitrogen functional groups attached to an aromatic ring is 1. The van der Waals surface area contributed by atoms with E-state index in [2.05, 4.69) is 4.98 Å². The number of hydrogen-bond donors (Lipinski definition) is 1. The monoisotopic (exact) mass is 260 g/mol. The predicted molar refractivity (Wildman–Crippen MR) is 73.7 cm³/mol. The minimum absolute atomic E-state index is 0.464. The highest BCUT2D eigenvalue weighted by atomic mass is 16.5. The van der Waals surface area contributed by atoms with Crippen molar-refractivity contribution in [1.29, 1.82) is 0 Å². The summed E-state index contributed by atoms with van der Waals surface area (Å²) in [7, 11) is 4.72. The highest BCUT2D eigenvalue weighted by Gasteiger charge is 2.14. The van der Waals surface area contributed by atoms with Gasteiger partial charge in [0.05, 0.1) is 27.0 Å². The summed E-state index contributed by atoms with van der Waals surface area (Å²) in [6.45, 7) is 0. The molecule has 19 heavy (non-hydrogen) atoms. The van der Waals surface area contributed by atoms with Crippen LogP contribution in [0.1, 0.15) is 0 Å². The molecule has 5 nitrogen and oxygen atoms in total. The van der Waals surface area contributed by atoms with Gasteiger partial charge in [-0.2, -0.15) is 0 Å². The first kappa shape index (κ1) is 13.0. The van der Waals surface area contributed by atoms with E-state index < -0.39 is 0 Å². The van der Waals surface area contributed by atoms with Crippen molar-refractivity contribution in [3.8, 4) is 28.5 Å². The number of benzene rings is 1. The Kier molecular flexibility index (Phi) is 3.75. The van der Waals surface area contributed by atoms with E-state index in [1.54, 1.807) is 27.4 Å². The lowest BCUT2D eigenvalue weighted by Gasteiger charge is -2.14. The molecule has 1 aromatic carbocycles. The van der Waals surface area contributed by atoms with Crippen LogP contribution in [0.2, 0.25) is 0 Å². The molecule has 0 amide bonds. The average Bonchev–Trinajstić information content (AvgIpc) is 2.45. The molecule has 0 saturated heterocycles. The van der Waals surface area contributed by atoms with Crippen LogP contribution in [-0.2, 0) is 0 Å². The van der Waals surface area contributed by atoms with Crippen LogP contribution in [0.25, 0.3) is 11.3 Å². The lowest BCUT2D eigenvalue weighted by molar-refractivity contribution is 0.324. The maximum atomic E-state index is 5.69. The van der Waals surface area contributed by atoms with Gasteiger partial charge in [-0.3, -0.25) is 0 Å². The maximum absolute atomic E-state index is 5.69. The van der Waals surface area contributed by atoms with Gasteiger partial charge in [0.2, 0.25) is 5.75 Å². The van der Waals surface area contributed by atoms with E-state index in [4.69, 9.17) is 19.9 Å². The number of aromatic nitrogens is 1. The highest BCUT2D eigenvalue weighted by molar-refractivity contribution is 5.69. The zero-order chi connectivity index (χ0) is 13.8. The molecule has 0 unspecified atom stereocenters. The number of methoxy groups -OCH3 is 3. The second kappa shape index (κ2) is 5.48. The van der Waals surface area contributed by atoms with E-state index in [-0.39, 0.29) is 0 Å². The van der Waals surface area contributed by atoms with Crippen LogP contribution < -0.4 is 19.9 Å². The molecule has 2 N–H and O–H groups in total. The van der Waals surface area contributed by atoms with Gasteiger partial charge in [-0.25, -0.2) is 4.98 Å². The van der Waals surface area contributed by atoms with E-state index >= 15 is 0 Å². The minimum Gasteiger partial charge on any atom is -0.493 e. The van der Waals surface area contributed by atoms with Crippen LogP contribution in [0.15, 0.2) is 30.3 Å². The van der Waals surface area contributed by atoms with E-state index in [0.29, 0.717) is 23.1 Å². The van der Waals surface area contributed by atoms with Crippen molar-refractivity contribution in [2.45, 2.75) is 0 Å². The van der Waals surface area contributed by atoms with Crippen LogP contribution in [0.4, 0.5) is 5.82 Å². The molecule has 0 atom stereocenters. The molecular formula is C14H16N2O3. The summed E-state index contributed by atoms with van der Waals surface area (Å²) in [5.41, 5.74) is 7.29. The molecule has 100 valence electrons. The van der Waals surface area contributed by atoms with Gasteiger partial charge in [-0.15, -0.1) is 0 Å². The molecule has 0 bridgehead atoms. The zero-order valence-electron chi connectivity index (χ0n) is 11.1. The molecule has 5 heteroatoms. The van der Waals surface area contributed by atoms with Crippen molar-refractivity contribution < 1.29 is 14.2 Å². The summed E-state index contributed by atoms with van der Waals surface area (Å²) >= 11 is 0. The molecule has 1 heterocycles. The second-order valence-corrected chi connectivity index (χ2v) is 3.86. The Morgan fingerprint density at radius 2 is 1.58 bits per heavy atom. The molecule has 0 aliphatic heterocycles. The third kappa shape index (κ3) is 2.54. The first-order valence-corrected chi connectivity index (χ1v) is 5.72. The first-order chi connectivity index (χ1) is 9.19. The largest absolute Gasteiger partial charge is 0.493 e. The van der Waals surface area contributed by atoms with Crippen molar-refractivity contribution >= 4 is 5.82 Å². The number of rotatable bonds is 4. The average molecular weight is 260 g/mol. The quantitative estimate of drug-likeness (QED) is 0.914. The standard InChI is InChI=1S/C14H16N2O3/c1-17-11-7-9(8-12(18-2)14(11)19-3)10-5-4-6-13(15)16-10/h4-8H,1-3H3,(H2,15,16). The summed E-state index contributed by atoms with van der Waals surface area (Å²) in [4.78, 5) is 4.28. The Bertz CT molecular complexity index is 560. The molecule has 0 aliphatic rings. The Labute approximate surface area is 111 Å². The molecule has 1 aromatic heterocycles. The fourth-order valence-corrected chi connectivity index (χ4v) is 1.84. The van der Waals surface area contributed by atoms with Crippen molar-refractivity contribution in [2.24, 2.45) is 0 Å². The maximum Gasteiger partial charge on any atom is 0.203 e. The summed E-state index contributed by atoms with van der Waals surface area (Å²) < 4.78 is 15.9. The summed E-state index contributed by atoms with van der Waals surface area (Å²) in [5, 5.41) is 0. The van der Waals surface area contributed by atoms with Gasteiger partial charge in [-0.05, 0) is 24.3 Å². The molecule has 0 fully saturated rings. The third-order valence-electron chi connectivity index (χ3n) is 2.73. The number of pyridine rings is 1. The van der Waals surface area contributed by atoms with Gasteiger partial charge in [0.25, 0.3) is 0 Å².